The molecule has 0 radical (unpaired) electrons. The van der Waals surface area contributed by atoms with Crippen LogP contribution in [0.4, 0.5) is 0 Å². The zero-order valence-corrected chi connectivity index (χ0v) is 14.1. The molecule has 3 heteroatoms. The summed E-state index contributed by atoms with van der Waals surface area (Å²) in [5, 5.41) is 3.92. The summed E-state index contributed by atoms with van der Waals surface area (Å²) in [6.07, 6.45) is 8.15. The SMILES string of the molecule is CC(C)=CCC/C(C)=C/CNC(=O)c1ccc2ncccc2c1. The molecule has 1 heterocycles. The van der Waals surface area contributed by atoms with Gasteiger partial charge in [-0.3, -0.25) is 9.78 Å². The minimum absolute atomic E-state index is 0.0518. The van der Waals surface area contributed by atoms with Gasteiger partial charge in [0.25, 0.3) is 5.91 Å². The Kier molecular flexibility index (Phi) is 6.10. The van der Waals surface area contributed by atoms with Crippen LogP contribution < -0.4 is 5.32 Å². The summed E-state index contributed by atoms with van der Waals surface area (Å²) in [7, 11) is 0. The van der Waals surface area contributed by atoms with Crippen LogP contribution in [-0.4, -0.2) is 17.4 Å². The molecule has 0 aliphatic rings. The third kappa shape index (κ3) is 5.37. The first-order chi connectivity index (χ1) is 11.1. The van der Waals surface area contributed by atoms with E-state index in [1.165, 1.54) is 11.1 Å². The van der Waals surface area contributed by atoms with Crippen LogP contribution in [0.2, 0.25) is 0 Å². The number of carbonyl (C=O) groups excluding carboxylic acids is 1. The molecule has 3 nitrogen and oxygen atoms in total. The van der Waals surface area contributed by atoms with Crippen molar-refractivity contribution in [3.8, 4) is 0 Å². The van der Waals surface area contributed by atoms with Crippen molar-refractivity contribution in [2.45, 2.75) is 33.6 Å². The number of aromatic nitrogens is 1. The molecule has 1 aromatic heterocycles. The van der Waals surface area contributed by atoms with E-state index in [1.54, 1.807) is 6.20 Å². The molecule has 0 aliphatic carbocycles. The van der Waals surface area contributed by atoms with Gasteiger partial charge in [-0.05, 0) is 57.9 Å². The van der Waals surface area contributed by atoms with Gasteiger partial charge in [-0.2, -0.15) is 0 Å². The zero-order valence-electron chi connectivity index (χ0n) is 14.1. The smallest absolute Gasteiger partial charge is 0.251 e. The molecule has 2 rings (SSSR count). The number of hydrogen-bond acceptors (Lipinski definition) is 2. The van der Waals surface area contributed by atoms with Crippen LogP contribution >= 0.6 is 0 Å². The molecule has 1 amide bonds. The fraction of sp³-hybridized carbons (Fsp3) is 0.300. The quantitative estimate of drug-likeness (QED) is 0.789. The van der Waals surface area contributed by atoms with Crippen LogP contribution in [0.15, 0.2) is 59.8 Å². The molecule has 23 heavy (non-hydrogen) atoms. The first-order valence-electron chi connectivity index (χ1n) is 7.98. The van der Waals surface area contributed by atoms with Gasteiger partial charge in [-0.25, -0.2) is 0 Å². The lowest BCUT2D eigenvalue weighted by Crippen LogP contribution is -2.23. The van der Waals surface area contributed by atoms with E-state index in [4.69, 9.17) is 0 Å². The maximum absolute atomic E-state index is 12.2. The summed E-state index contributed by atoms with van der Waals surface area (Å²) in [6, 6.07) is 9.42. The average Bonchev–Trinajstić information content (AvgIpc) is 2.54. The first-order valence-corrected chi connectivity index (χ1v) is 7.98. The van der Waals surface area contributed by atoms with Crippen molar-refractivity contribution >= 4 is 16.8 Å². The van der Waals surface area contributed by atoms with E-state index in [2.05, 4.69) is 43.2 Å². The van der Waals surface area contributed by atoms with Crippen molar-refractivity contribution in [1.82, 2.24) is 10.3 Å². The number of pyridine rings is 1. The van der Waals surface area contributed by atoms with Crippen molar-refractivity contribution in [2.24, 2.45) is 0 Å². The predicted molar refractivity (Wildman–Crippen MR) is 96.5 cm³/mol. The topological polar surface area (TPSA) is 42.0 Å². The molecule has 0 atom stereocenters. The van der Waals surface area contributed by atoms with Crippen LogP contribution in [0.5, 0.6) is 0 Å². The van der Waals surface area contributed by atoms with Gasteiger partial charge in [-0.15, -0.1) is 0 Å². The maximum Gasteiger partial charge on any atom is 0.251 e. The van der Waals surface area contributed by atoms with Crippen LogP contribution in [-0.2, 0) is 0 Å². The van der Waals surface area contributed by atoms with Crippen molar-refractivity contribution in [3.05, 3.63) is 65.4 Å². The lowest BCUT2D eigenvalue weighted by Gasteiger charge is -2.05. The monoisotopic (exact) mass is 308 g/mol. The van der Waals surface area contributed by atoms with Gasteiger partial charge < -0.3 is 5.32 Å². The molecular weight excluding hydrogens is 284 g/mol. The summed E-state index contributed by atoms with van der Waals surface area (Å²) in [5.74, 6) is -0.0518. The lowest BCUT2D eigenvalue weighted by atomic mass is 10.1. The number of benzene rings is 1. The Morgan fingerprint density at radius 3 is 2.78 bits per heavy atom. The Morgan fingerprint density at radius 1 is 1.17 bits per heavy atom. The van der Waals surface area contributed by atoms with E-state index in [0.29, 0.717) is 12.1 Å². The van der Waals surface area contributed by atoms with Gasteiger partial charge in [0.2, 0.25) is 0 Å². The molecule has 1 N–H and O–H groups in total. The number of carbonyl (C=O) groups is 1. The molecule has 0 spiro atoms. The van der Waals surface area contributed by atoms with Gasteiger partial charge in [0.05, 0.1) is 5.52 Å². The maximum atomic E-state index is 12.2. The third-order valence-electron chi connectivity index (χ3n) is 3.67. The second kappa shape index (κ2) is 8.28. The lowest BCUT2D eigenvalue weighted by molar-refractivity contribution is 0.0958. The van der Waals surface area contributed by atoms with Crippen LogP contribution in [0.3, 0.4) is 0 Å². The largest absolute Gasteiger partial charge is 0.349 e. The van der Waals surface area contributed by atoms with Crippen molar-refractivity contribution < 1.29 is 4.79 Å². The Balaban J connectivity index is 1.89. The minimum Gasteiger partial charge on any atom is -0.349 e. The Hall–Kier alpha value is -2.42. The number of amides is 1. The van der Waals surface area contributed by atoms with Gasteiger partial charge in [-0.1, -0.05) is 29.4 Å². The molecule has 0 bridgehead atoms. The minimum atomic E-state index is -0.0518. The van der Waals surface area contributed by atoms with E-state index in [1.807, 2.05) is 30.3 Å². The molecule has 0 unspecified atom stereocenters. The number of rotatable bonds is 6. The Morgan fingerprint density at radius 2 is 2.00 bits per heavy atom. The molecule has 1 aromatic carbocycles. The van der Waals surface area contributed by atoms with Crippen LogP contribution in [0, 0.1) is 0 Å². The molecule has 0 fully saturated rings. The van der Waals surface area contributed by atoms with Gasteiger partial charge in [0.15, 0.2) is 0 Å². The van der Waals surface area contributed by atoms with E-state index in [0.717, 1.165) is 23.7 Å². The number of fused-ring (bicyclic) bond motifs is 1. The highest BCUT2D eigenvalue weighted by Gasteiger charge is 2.05. The first kappa shape index (κ1) is 16.9. The molecule has 2 aromatic rings. The summed E-state index contributed by atoms with van der Waals surface area (Å²) >= 11 is 0. The van der Waals surface area contributed by atoms with E-state index < -0.39 is 0 Å². The predicted octanol–water partition coefficient (Wildman–Crippen LogP) is 4.66. The zero-order chi connectivity index (χ0) is 16.7. The molecule has 0 saturated carbocycles. The fourth-order valence-electron chi connectivity index (χ4n) is 2.33. The Bertz CT molecular complexity index is 740. The highest BCUT2D eigenvalue weighted by molar-refractivity contribution is 5.97. The van der Waals surface area contributed by atoms with Gasteiger partial charge in [0, 0.05) is 23.7 Å². The third-order valence-corrected chi connectivity index (χ3v) is 3.67. The van der Waals surface area contributed by atoms with Crippen molar-refractivity contribution in [2.75, 3.05) is 6.54 Å². The molecular formula is C20H24N2O. The van der Waals surface area contributed by atoms with Crippen molar-refractivity contribution in [3.63, 3.8) is 0 Å². The summed E-state index contributed by atoms with van der Waals surface area (Å²) in [4.78, 5) is 16.5. The van der Waals surface area contributed by atoms with Crippen LogP contribution in [0.25, 0.3) is 10.9 Å². The fourth-order valence-corrected chi connectivity index (χ4v) is 2.33. The normalized spacial score (nSPS) is 11.3. The van der Waals surface area contributed by atoms with Crippen molar-refractivity contribution in [1.29, 1.82) is 0 Å². The number of nitrogens with zero attached hydrogens (tertiary/aromatic N) is 1. The average molecular weight is 308 g/mol. The van der Waals surface area contributed by atoms with Crippen LogP contribution in [0.1, 0.15) is 44.0 Å². The Labute approximate surface area is 138 Å². The van der Waals surface area contributed by atoms with Gasteiger partial charge >= 0.3 is 0 Å². The number of hydrogen-bond donors (Lipinski definition) is 1. The van der Waals surface area contributed by atoms with E-state index >= 15 is 0 Å². The standard InChI is InChI=1S/C20H24N2O/c1-15(2)6-4-7-16(3)11-13-22-20(23)18-9-10-19-17(14-18)8-5-12-21-19/h5-6,8-12,14H,4,7,13H2,1-3H3,(H,22,23)/b16-11+. The summed E-state index contributed by atoms with van der Waals surface area (Å²) < 4.78 is 0. The highest BCUT2D eigenvalue weighted by atomic mass is 16.1. The molecule has 0 saturated heterocycles. The second-order valence-electron chi connectivity index (χ2n) is 5.99. The highest BCUT2D eigenvalue weighted by Crippen LogP contribution is 2.13. The summed E-state index contributed by atoms with van der Waals surface area (Å²) in [5.41, 5.74) is 4.21. The van der Waals surface area contributed by atoms with Gasteiger partial charge in [0.1, 0.15) is 0 Å². The second-order valence-corrected chi connectivity index (χ2v) is 5.99. The van der Waals surface area contributed by atoms with E-state index in [9.17, 15) is 4.79 Å². The van der Waals surface area contributed by atoms with E-state index in [-0.39, 0.29) is 5.91 Å². The molecule has 0 aliphatic heterocycles. The number of allylic oxidation sites excluding steroid dienone is 3. The molecule has 120 valence electrons. The number of nitrogens with one attached hydrogen (secondary N) is 1. The summed E-state index contributed by atoms with van der Waals surface area (Å²) in [6.45, 7) is 6.88.